The molecule has 0 atom stereocenters. The van der Waals surface area contributed by atoms with Crippen LogP contribution in [0.3, 0.4) is 0 Å². The van der Waals surface area contributed by atoms with Crippen molar-refractivity contribution >= 4 is 0 Å². The average molecular weight is 122 g/mol. The number of allylic oxidation sites excluding steroid dienone is 6. The van der Waals surface area contributed by atoms with Crippen molar-refractivity contribution in [3.05, 3.63) is 36.0 Å². The van der Waals surface area contributed by atoms with E-state index in [9.17, 15) is 0 Å². The van der Waals surface area contributed by atoms with Gasteiger partial charge in [0.05, 0.1) is 0 Å². The molecule has 0 aliphatic heterocycles. The van der Waals surface area contributed by atoms with E-state index in [0.29, 0.717) is 0 Å². The van der Waals surface area contributed by atoms with Gasteiger partial charge in [0.15, 0.2) is 0 Å². The third-order valence-electron chi connectivity index (χ3n) is 1.12. The van der Waals surface area contributed by atoms with Crippen molar-refractivity contribution in [3.8, 4) is 0 Å². The van der Waals surface area contributed by atoms with Crippen LogP contribution in [0.1, 0.15) is 20.8 Å². The zero-order valence-corrected chi connectivity index (χ0v) is 6.39. The smallest absolute Gasteiger partial charge is 0.0401 e. The van der Waals surface area contributed by atoms with Gasteiger partial charge in [-0.15, -0.1) is 0 Å². The minimum atomic E-state index is 1.30. The van der Waals surface area contributed by atoms with Crippen LogP contribution in [0.5, 0.6) is 0 Å². The summed E-state index contributed by atoms with van der Waals surface area (Å²) in [5, 5.41) is 0. The molecule has 0 amide bonds. The third-order valence-corrected chi connectivity index (χ3v) is 1.12. The maximum atomic E-state index is 2.08. The fourth-order valence-corrected chi connectivity index (χ4v) is 0.415. The Hall–Kier alpha value is -0.780. The Bertz CT molecular complexity index is 136. The van der Waals surface area contributed by atoms with Crippen LogP contribution in [0.2, 0.25) is 0 Å². The van der Waals surface area contributed by atoms with Gasteiger partial charge in [0.25, 0.3) is 0 Å². The summed E-state index contributed by atoms with van der Waals surface area (Å²) in [5.74, 6) is 0. The van der Waals surface area contributed by atoms with Gasteiger partial charge in [0.1, 0.15) is 0 Å². The summed E-state index contributed by atoms with van der Waals surface area (Å²) in [4.78, 5) is 0. The topological polar surface area (TPSA) is 0 Å². The molecule has 0 fully saturated rings. The number of rotatable bonds is 2. The zero-order valence-electron chi connectivity index (χ0n) is 6.39. The van der Waals surface area contributed by atoms with Crippen LogP contribution in [0.25, 0.3) is 0 Å². The predicted octanol–water partition coefficient (Wildman–Crippen LogP) is 3.08. The summed E-state index contributed by atoms with van der Waals surface area (Å²) in [6, 6.07) is 0. The van der Waals surface area contributed by atoms with Crippen LogP contribution in [0.15, 0.2) is 36.0 Å². The summed E-state index contributed by atoms with van der Waals surface area (Å²) < 4.78 is 0. The molecule has 0 aliphatic rings. The van der Waals surface area contributed by atoms with E-state index in [-0.39, 0.29) is 0 Å². The Morgan fingerprint density at radius 3 is 2.22 bits per heavy atom. The lowest BCUT2D eigenvalue weighted by molar-refractivity contribution is 1.48. The molecular formula is C9H14. The Kier molecular flexibility index (Phi) is 4.89. The molecule has 0 aliphatic carbocycles. The lowest BCUT2D eigenvalue weighted by Crippen LogP contribution is -1.61. The second-order valence-corrected chi connectivity index (χ2v) is 1.92. The molecule has 0 heterocycles. The van der Waals surface area contributed by atoms with Gasteiger partial charge in [-0.1, -0.05) is 36.0 Å². The van der Waals surface area contributed by atoms with E-state index < -0.39 is 0 Å². The number of hydrogen-bond acceptors (Lipinski definition) is 0. The summed E-state index contributed by atoms with van der Waals surface area (Å²) >= 11 is 0. The molecule has 0 rings (SSSR count). The van der Waals surface area contributed by atoms with Crippen molar-refractivity contribution in [1.29, 1.82) is 0 Å². The van der Waals surface area contributed by atoms with Crippen molar-refractivity contribution in [2.24, 2.45) is 0 Å². The third kappa shape index (κ3) is 5.09. The molecule has 0 aromatic rings. The van der Waals surface area contributed by atoms with Gasteiger partial charge in [0, 0.05) is 0 Å². The highest BCUT2D eigenvalue weighted by Gasteiger charge is 1.71. The summed E-state index contributed by atoms with van der Waals surface area (Å²) in [6.07, 6.45) is 10.2. The molecule has 0 heteroatoms. The zero-order chi connectivity index (χ0) is 7.11. The van der Waals surface area contributed by atoms with Crippen LogP contribution in [0, 0.1) is 0 Å². The first-order chi connectivity index (χ1) is 4.31. The second-order valence-electron chi connectivity index (χ2n) is 1.92. The molecule has 9 heavy (non-hydrogen) atoms. The maximum Gasteiger partial charge on any atom is -0.0401 e. The number of hydrogen-bond donors (Lipinski definition) is 0. The SMILES string of the molecule is C\C=C/C=C/C(C)=C/C. The first-order valence-corrected chi connectivity index (χ1v) is 3.23. The van der Waals surface area contributed by atoms with E-state index >= 15 is 0 Å². The second kappa shape index (κ2) is 5.36. The summed E-state index contributed by atoms with van der Waals surface area (Å²) in [6.45, 7) is 6.13. The molecule has 0 aromatic carbocycles. The first-order valence-electron chi connectivity index (χ1n) is 3.23. The summed E-state index contributed by atoms with van der Waals surface area (Å²) in [7, 11) is 0. The lowest BCUT2D eigenvalue weighted by Gasteiger charge is -1.82. The molecule has 0 spiro atoms. The molecular weight excluding hydrogens is 108 g/mol. The molecule has 0 nitrogen and oxygen atoms in total. The van der Waals surface area contributed by atoms with Crippen LogP contribution in [-0.2, 0) is 0 Å². The van der Waals surface area contributed by atoms with E-state index in [4.69, 9.17) is 0 Å². The van der Waals surface area contributed by atoms with E-state index in [2.05, 4.69) is 19.1 Å². The van der Waals surface area contributed by atoms with Gasteiger partial charge in [-0.3, -0.25) is 0 Å². The summed E-state index contributed by atoms with van der Waals surface area (Å²) in [5.41, 5.74) is 1.30. The van der Waals surface area contributed by atoms with Crippen LogP contribution >= 0.6 is 0 Å². The van der Waals surface area contributed by atoms with Crippen molar-refractivity contribution in [3.63, 3.8) is 0 Å². The molecule has 0 aromatic heterocycles. The average Bonchev–Trinajstić information content (AvgIpc) is 1.89. The van der Waals surface area contributed by atoms with E-state index in [1.165, 1.54) is 5.57 Å². The van der Waals surface area contributed by atoms with E-state index in [1.807, 2.05) is 32.1 Å². The van der Waals surface area contributed by atoms with Gasteiger partial charge in [0.2, 0.25) is 0 Å². The fraction of sp³-hybridized carbons (Fsp3) is 0.333. The highest BCUT2D eigenvalue weighted by Crippen LogP contribution is 1.92. The molecule has 0 N–H and O–H groups in total. The van der Waals surface area contributed by atoms with Crippen molar-refractivity contribution < 1.29 is 0 Å². The Balaban J connectivity index is 3.71. The Morgan fingerprint density at radius 1 is 1.11 bits per heavy atom. The largest absolute Gasteiger partial charge is 0.0877 e. The predicted molar refractivity (Wildman–Crippen MR) is 43.4 cm³/mol. The van der Waals surface area contributed by atoms with Crippen LogP contribution in [0.4, 0.5) is 0 Å². The standard InChI is InChI=1S/C9H14/c1-4-6-7-8-9(3)5-2/h4-8H,1-3H3/b6-4-,8-7+,9-5+. The van der Waals surface area contributed by atoms with E-state index in [0.717, 1.165) is 0 Å². The highest BCUT2D eigenvalue weighted by atomic mass is 13.8. The Labute approximate surface area is 57.6 Å². The van der Waals surface area contributed by atoms with Crippen molar-refractivity contribution in [1.82, 2.24) is 0 Å². The van der Waals surface area contributed by atoms with Gasteiger partial charge in [-0.25, -0.2) is 0 Å². The molecule has 0 unspecified atom stereocenters. The molecule has 0 radical (unpaired) electrons. The fourth-order valence-electron chi connectivity index (χ4n) is 0.415. The maximum absolute atomic E-state index is 2.08. The first kappa shape index (κ1) is 8.22. The van der Waals surface area contributed by atoms with E-state index in [1.54, 1.807) is 0 Å². The normalized spacial score (nSPS) is 13.9. The molecule has 50 valence electrons. The minimum Gasteiger partial charge on any atom is -0.0877 e. The molecule has 0 bridgehead atoms. The molecule has 0 saturated carbocycles. The van der Waals surface area contributed by atoms with Gasteiger partial charge < -0.3 is 0 Å². The molecule has 0 saturated heterocycles. The van der Waals surface area contributed by atoms with Crippen LogP contribution < -0.4 is 0 Å². The lowest BCUT2D eigenvalue weighted by atomic mass is 10.2. The highest BCUT2D eigenvalue weighted by molar-refractivity contribution is 5.18. The van der Waals surface area contributed by atoms with Gasteiger partial charge in [-0.2, -0.15) is 0 Å². The van der Waals surface area contributed by atoms with Gasteiger partial charge in [-0.05, 0) is 20.8 Å². The Morgan fingerprint density at radius 2 is 1.78 bits per heavy atom. The monoisotopic (exact) mass is 122 g/mol. The van der Waals surface area contributed by atoms with Gasteiger partial charge >= 0.3 is 0 Å². The van der Waals surface area contributed by atoms with Crippen LogP contribution in [-0.4, -0.2) is 0 Å². The van der Waals surface area contributed by atoms with Crippen molar-refractivity contribution in [2.75, 3.05) is 0 Å². The van der Waals surface area contributed by atoms with Crippen molar-refractivity contribution in [2.45, 2.75) is 20.8 Å². The minimum absolute atomic E-state index is 1.30. The quantitative estimate of drug-likeness (QED) is 0.494.